The summed E-state index contributed by atoms with van der Waals surface area (Å²) in [6.45, 7) is 1.51. The van der Waals surface area contributed by atoms with Crippen molar-refractivity contribution in [2.75, 3.05) is 5.32 Å². The minimum Gasteiger partial charge on any atom is -0.379 e. The minimum atomic E-state index is 0.714. The van der Waals surface area contributed by atoms with Gasteiger partial charge in [-0.3, -0.25) is 9.67 Å². The monoisotopic (exact) mass is 342 g/mol. The molecule has 0 amide bonds. The zero-order chi connectivity index (χ0) is 14.5. The summed E-state index contributed by atoms with van der Waals surface area (Å²) in [7, 11) is 0. The summed E-state index contributed by atoms with van der Waals surface area (Å²) in [6.07, 6.45) is 5.57. The van der Waals surface area contributed by atoms with Gasteiger partial charge in [0.15, 0.2) is 0 Å². The van der Waals surface area contributed by atoms with Crippen molar-refractivity contribution in [3.8, 4) is 0 Å². The van der Waals surface area contributed by atoms with Crippen molar-refractivity contribution >= 4 is 21.6 Å². The van der Waals surface area contributed by atoms with Crippen molar-refractivity contribution < 1.29 is 0 Å². The van der Waals surface area contributed by atoms with Crippen LogP contribution in [-0.2, 0) is 13.1 Å². The molecule has 21 heavy (non-hydrogen) atoms. The lowest BCUT2D eigenvalue weighted by molar-refractivity contribution is 0.687. The lowest BCUT2D eigenvalue weighted by atomic mass is 10.2. The molecule has 0 aliphatic heterocycles. The number of rotatable bonds is 5. The van der Waals surface area contributed by atoms with Gasteiger partial charge in [-0.15, -0.1) is 0 Å². The number of nitrogens with zero attached hydrogens (tertiary/aromatic N) is 3. The first-order chi connectivity index (χ1) is 10.3. The van der Waals surface area contributed by atoms with E-state index in [9.17, 15) is 0 Å². The van der Waals surface area contributed by atoms with E-state index >= 15 is 0 Å². The molecule has 0 saturated heterocycles. The third kappa shape index (κ3) is 3.92. The molecular weight excluding hydrogens is 328 g/mol. The van der Waals surface area contributed by atoms with Gasteiger partial charge in [0.05, 0.1) is 18.8 Å². The largest absolute Gasteiger partial charge is 0.379 e. The Labute approximate surface area is 132 Å². The highest BCUT2D eigenvalue weighted by Crippen LogP contribution is 2.13. The SMILES string of the molecule is Brc1ccc(CNc2ccc(Cn3cccn3)cc2)nc1. The predicted octanol–water partition coefficient (Wildman–Crippen LogP) is 3.70. The van der Waals surface area contributed by atoms with E-state index in [4.69, 9.17) is 0 Å². The van der Waals surface area contributed by atoms with Crippen LogP contribution in [0.15, 0.2) is 65.5 Å². The van der Waals surface area contributed by atoms with Gasteiger partial charge in [0.2, 0.25) is 0 Å². The van der Waals surface area contributed by atoms with Gasteiger partial charge in [-0.2, -0.15) is 5.10 Å². The van der Waals surface area contributed by atoms with Crippen LogP contribution >= 0.6 is 15.9 Å². The zero-order valence-corrected chi connectivity index (χ0v) is 13.0. The van der Waals surface area contributed by atoms with Crippen molar-refractivity contribution in [3.63, 3.8) is 0 Å². The van der Waals surface area contributed by atoms with Gasteiger partial charge in [-0.05, 0) is 51.8 Å². The van der Waals surface area contributed by atoms with Gasteiger partial charge in [0.1, 0.15) is 0 Å². The summed E-state index contributed by atoms with van der Waals surface area (Å²) < 4.78 is 2.91. The maximum absolute atomic E-state index is 4.34. The molecule has 0 bridgehead atoms. The first-order valence-electron chi connectivity index (χ1n) is 6.70. The van der Waals surface area contributed by atoms with Crippen LogP contribution in [0.4, 0.5) is 5.69 Å². The minimum absolute atomic E-state index is 0.714. The number of nitrogens with one attached hydrogen (secondary N) is 1. The third-order valence-corrected chi connectivity index (χ3v) is 3.59. The van der Waals surface area contributed by atoms with E-state index in [1.807, 2.05) is 35.3 Å². The fraction of sp³-hybridized carbons (Fsp3) is 0.125. The van der Waals surface area contributed by atoms with Crippen molar-refractivity contribution in [2.45, 2.75) is 13.1 Å². The number of hydrogen-bond donors (Lipinski definition) is 1. The summed E-state index contributed by atoms with van der Waals surface area (Å²) >= 11 is 3.38. The highest BCUT2D eigenvalue weighted by molar-refractivity contribution is 9.10. The molecule has 106 valence electrons. The van der Waals surface area contributed by atoms with Gasteiger partial charge < -0.3 is 5.32 Å². The van der Waals surface area contributed by atoms with Crippen LogP contribution in [0, 0.1) is 0 Å². The number of pyridine rings is 1. The molecule has 1 N–H and O–H groups in total. The molecule has 3 rings (SSSR count). The van der Waals surface area contributed by atoms with E-state index < -0.39 is 0 Å². The second-order valence-electron chi connectivity index (χ2n) is 4.72. The van der Waals surface area contributed by atoms with E-state index in [-0.39, 0.29) is 0 Å². The summed E-state index contributed by atoms with van der Waals surface area (Å²) in [5, 5.41) is 7.57. The van der Waals surface area contributed by atoms with Gasteiger partial charge in [0.25, 0.3) is 0 Å². The third-order valence-electron chi connectivity index (χ3n) is 3.12. The van der Waals surface area contributed by atoms with Crippen molar-refractivity contribution in [1.82, 2.24) is 14.8 Å². The van der Waals surface area contributed by atoms with Crippen LogP contribution in [0.5, 0.6) is 0 Å². The van der Waals surface area contributed by atoms with Crippen LogP contribution in [0.25, 0.3) is 0 Å². The average molecular weight is 343 g/mol. The van der Waals surface area contributed by atoms with E-state index in [0.29, 0.717) is 6.54 Å². The Balaban J connectivity index is 1.58. The summed E-state index contributed by atoms with van der Waals surface area (Å²) in [5.41, 5.74) is 3.33. The number of benzene rings is 1. The molecule has 3 aromatic rings. The Morgan fingerprint density at radius 3 is 2.62 bits per heavy atom. The normalized spacial score (nSPS) is 10.5. The topological polar surface area (TPSA) is 42.7 Å². The molecule has 0 aliphatic carbocycles. The number of aromatic nitrogens is 3. The van der Waals surface area contributed by atoms with Crippen LogP contribution in [0.1, 0.15) is 11.3 Å². The van der Waals surface area contributed by atoms with Gasteiger partial charge >= 0.3 is 0 Å². The quantitative estimate of drug-likeness (QED) is 0.768. The molecule has 0 spiro atoms. The first-order valence-corrected chi connectivity index (χ1v) is 7.49. The van der Waals surface area contributed by atoms with Crippen LogP contribution < -0.4 is 5.32 Å². The average Bonchev–Trinajstić information content (AvgIpc) is 3.01. The Bertz CT molecular complexity index is 675. The maximum atomic E-state index is 4.34. The Morgan fingerprint density at radius 1 is 1.10 bits per heavy atom. The number of halogens is 1. The van der Waals surface area contributed by atoms with Gasteiger partial charge in [-0.1, -0.05) is 12.1 Å². The fourth-order valence-corrected chi connectivity index (χ4v) is 2.25. The zero-order valence-electron chi connectivity index (χ0n) is 11.4. The smallest absolute Gasteiger partial charge is 0.0659 e. The van der Waals surface area contributed by atoms with Crippen molar-refractivity contribution in [2.24, 2.45) is 0 Å². The molecule has 0 fully saturated rings. The molecule has 1 aromatic carbocycles. The highest BCUT2D eigenvalue weighted by atomic mass is 79.9. The van der Waals surface area contributed by atoms with E-state index in [1.165, 1.54) is 5.56 Å². The van der Waals surface area contributed by atoms with E-state index in [1.54, 1.807) is 6.20 Å². The van der Waals surface area contributed by atoms with Crippen molar-refractivity contribution in [1.29, 1.82) is 0 Å². The first kappa shape index (κ1) is 13.8. The predicted molar refractivity (Wildman–Crippen MR) is 87.0 cm³/mol. The molecule has 0 radical (unpaired) electrons. The number of hydrogen-bond acceptors (Lipinski definition) is 3. The molecule has 5 heteroatoms. The van der Waals surface area contributed by atoms with Crippen molar-refractivity contribution in [3.05, 3.63) is 76.8 Å². The molecule has 2 aromatic heterocycles. The second kappa shape index (κ2) is 6.54. The molecule has 2 heterocycles. The lowest BCUT2D eigenvalue weighted by Gasteiger charge is -2.07. The van der Waals surface area contributed by atoms with E-state index in [0.717, 1.165) is 22.4 Å². The fourth-order valence-electron chi connectivity index (χ4n) is 2.01. The van der Waals surface area contributed by atoms with E-state index in [2.05, 4.69) is 55.6 Å². The van der Waals surface area contributed by atoms with Crippen LogP contribution in [0.2, 0.25) is 0 Å². The molecular formula is C16H15BrN4. The summed E-state index contributed by atoms with van der Waals surface area (Å²) in [4.78, 5) is 4.34. The van der Waals surface area contributed by atoms with Crippen LogP contribution in [0.3, 0.4) is 0 Å². The molecule has 0 aliphatic rings. The Hall–Kier alpha value is -2.14. The maximum Gasteiger partial charge on any atom is 0.0659 e. The Kier molecular flexibility index (Phi) is 4.31. The van der Waals surface area contributed by atoms with Gasteiger partial charge in [0, 0.05) is 28.8 Å². The molecule has 0 atom stereocenters. The standard InChI is InChI=1S/C16H15BrN4/c17-14-4-7-16(18-10-14)11-19-15-5-2-13(3-6-15)12-21-9-1-8-20-21/h1-10,19H,11-12H2. The second-order valence-corrected chi connectivity index (χ2v) is 5.64. The molecule has 0 saturated carbocycles. The lowest BCUT2D eigenvalue weighted by Crippen LogP contribution is -2.02. The molecule has 4 nitrogen and oxygen atoms in total. The number of anilines is 1. The summed E-state index contributed by atoms with van der Waals surface area (Å²) in [6, 6.07) is 14.3. The molecule has 0 unspecified atom stereocenters. The summed E-state index contributed by atoms with van der Waals surface area (Å²) in [5.74, 6) is 0. The van der Waals surface area contributed by atoms with Crippen LogP contribution in [-0.4, -0.2) is 14.8 Å². The van der Waals surface area contributed by atoms with Gasteiger partial charge in [-0.25, -0.2) is 0 Å². The highest BCUT2D eigenvalue weighted by Gasteiger charge is 1.98. The Morgan fingerprint density at radius 2 is 1.95 bits per heavy atom.